The van der Waals surface area contributed by atoms with Crippen molar-refractivity contribution in [2.24, 2.45) is 11.7 Å². The van der Waals surface area contributed by atoms with E-state index in [0.717, 1.165) is 44.0 Å². The van der Waals surface area contributed by atoms with Gasteiger partial charge in [0.2, 0.25) is 0 Å². The summed E-state index contributed by atoms with van der Waals surface area (Å²) in [5, 5.41) is 0. The number of nitrogens with zero attached hydrogens (tertiary/aromatic N) is 1. The first-order valence-corrected chi connectivity index (χ1v) is 9.53. The largest absolute Gasteiger partial charge is 0.330 e. The van der Waals surface area contributed by atoms with E-state index < -0.39 is 9.84 Å². The highest BCUT2D eigenvalue weighted by Gasteiger charge is 2.34. The lowest BCUT2D eigenvalue weighted by Gasteiger charge is -2.40. The summed E-state index contributed by atoms with van der Waals surface area (Å²) < 4.78 is 24.4. The Labute approximate surface area is 127 Å². The van der Waals surface area contributed by atoms with Crippen LogP contribution in [0.2, 0.25) is 0 Å². The van der Waals surface area contributed by atoms with Crippen LogP contribution in [0.4, 0.5) is 0 Å². The minimum atomic E-state index is -3.08. The Balaban J connectivity index is 1.79. The molecule has 3 rings (SSSR count). The van der Waals surface area contributed by atoms with E-state index in [-0.39, 0.29) is 11.8 Å². The molecule has 1 atom stereocenters. The van der Waals surface area contributed by atoms with E-state index in [2.05, 4.69) is 4.90 Å². The van der Waals surface area contributed by atoms with Gasteiger partial charge in [-0.25, -0.2) is 8.42 Å². The number of piperidine rings is 1. The van der Waals surface area contributed by atoms with Crippen LogP contribution in [0.15, 0.2) is 29.2 Å². The fraction of sp³-hybridized carbons (Fsp3) is 0.625. The normalized spacial score (nSPS) is 26.4. The number of nitrogens with two attached hydrogens (primary N) is 1. The first-order chi connectivity index (χ1) is 10.1. The first kappa shape index (κ1) is 15.0. The number of sulfone groups is 1. The fourth-order valence-corrected chi connectivity index (χ4v) is 5.34. The van der Waals surface area contributed by atoms with Gasteiger partial charge >= 0.3 is 0 Å². The summed E-state index contributed by atoms with van der Waals surface area (Å²) >= 11 is 0. The van der Waals surface area contributed by atoms with Crippen molar-refractivity contribution in [2.75, 3.05) is 25.4 Å². The fourth-order valence-electron chi connectivity index (χ4n) is 3.74. The van der Waals surface area contributed by atoms with Crippen molar-refractivity contribution >= 4 is 9.84 Å². The summed E-state index contributed by atoms with van der Waals surface area (Å²) in [4.78, 5) is 3.02. The van der Waals surface area contributed by atoms with Crippen LogP contribution in [0.3, 0.4) is 0 Å². The molecule has 4 nitrogen and oxygen atoms in total. The van der Waals surface area contributed by atoms with Gasteiger partial charge in [0.1, 0.15) is 0 Å². The van der Waals surface area contributed by atoms with Crippen LogP contribution >= 0.6 is 0 Å². The summed E-state index contributed by atoms with van der Waals surface area (Å²) in [6.07, 6.45) is 4.20. The zero-order chi connectivity index (χ0) is 14.9. The van der Waals surface area contributed by atoms with Crippen LogP contribution in [0.5, 0.6) is 0 Å². The number of rotatable bonds is 3. The van der Waals surface area contributed by atoms with Gasteiger partial charge in [0.05, 0.1) is 10.6 Å². The summed E-state index contributed by atoms with van der Waals surface area (Å²) in [7, 11) is -3.08. The second-order valence-electron chi connectivity index (χ2n) is 6.22. The molecule has 1 fully saturated rings. The van der Waals surface area contributed by atoms with E-state index >= 15 is 0 Å². The molecule has 21 heavy (non-hydrogen) atoms. The maximum absolute atomic E-state index is 12.2. The molecule has 0 saturated carbocycles. The van der Waals surface area contributed by atoms with Crippen molar-refractivity contribution in [2.45, 2.75) is 36.6 Å². The number of fused-ring (bicyclic) bond motifs is 1. The summed E-state index contributed by atoms with van der Waals surface area (Å²) in [6.45, 7) is 2.89. The molecule has 2 aliphatic rings. The van der Waals surface area contributed by atoms with Crippen molar-refractivity contribution in [3.05, 3.63) is 29.8 Å². The number of likely N-dealkylation sites (tertiary alicyclic amines) is 1. The molecule has 2 N–H and O–H groups in total. The Morgan fingerprint density at radius 2 is 1.86 bits per heavy atom. The van der Waals surface area contributed by atoms with Crippen LogP contribution < -0.4 is 5.73 Å². The van der Waals surface area contributed by atoms with E-state index in [1.165, 1.54) is 12.8 Å². The lowest BCUT2D eigenvalue weighted by molar-refractivity contribution is 0.124. The van der Waals surface area contributed by atoms with Crippen molar-refractivity contribution in [1.29, 1.82) is 0 Å². The van der Waals surface area contributed by atoms with Crippen LogP contribution in [0, 0.1) is 5.92 Å². The van der Waals surface area contributed by atoms with Gasteiger partial charge in [0, 0.05) is 6.04 Å². The Morgan fingerprint density at radius 3 is 2.57 bits per heavy atom. The van der Waals surface area contributed by atoms with Crippen LogP contribution in [0.25, 0.3) is 0 Å². The number of benzene rings is 1. The highest BCUT2D eigenvalue weighted by Crippen LogP contribution is 2.37. The Hall–Kier alpha value is -0.910. The molecule has 0 aromatic heterocycles. The Morgan fingerprint density at radius 1 is 1.14 bits per heavy atom. The van der Waals surface area contributed by atoms with Gasteiger partial charge < -0.3 is 5.73 Å². The van der Waals surface area contributed by atoms with Crippen molar-refractivity contribution < 1.29 is 8.42 Å². The Bertz CT molecular complexity index is 592. The van der Waals surface area contributed by atoms with Gasteiger partial charge in [-0.3, -0.25) is 4.90 Å². The maximum atomic E-state index is 12.2. The van der Waals surface area contributed by atoms with E-state index in [1.54, 1.807) is 6.07 Å². The maximum Gasteiger partial charge on any atom is 0.178 e. The van der Waals surface area contributed by atoms with Gasteiger partial charge in [-0.15, -0.1) is 0 Å². The van der Waals surface area contributed by atoms with Crippen LogP contribution in [-0.2, 0) is 9.84 Å². The minimum absolute atomic E-state index is 0.267. The molecule has 1 unspecified atom stereocenters. The van der Waals surface area contributed by atoms with Crippen molar-refractivity contribution in [3.8, 4) is 0 Å². The van der Waals surface area contributed by atoms with E-state index in [1.807, 2.05) is 18.2 Å². The molecule has 1 saturated heterocycles. The number of hydrogen-bond acceptors (Lipinski definition) is 4. The predicted molar refractivity (Wildman–Crippen MR) is 83.8 cm³/mol. The predicted octanol–water partition coefficient (Wildman–Crippen LogP) is 1.97. The highest BCUT2D eigenvalue weighted by molar-refractivity contribution is 7.91. The van der Waals surface area contributed by atoms with E-state index in [4.69, 9.17) is 5.73 Å². The third-order valence-corrected chi connectivity index (χ3v) is 6.75. The molecule has 0 aliphatic carbocycles. The lowest BCUT2D eigenvalue weighted by atomic mass is 9.91. The molecule has 1 aromatic rings. The molecule has 5 heteroatoms. The number of hydrogen-bond donors (Lipinski definition) is 1. The molecule has 2 aliphatic heterocycles. The molecule has 0 radical (unpaired) electrons. The van der Waals surface area contributed by atoms with E-state index in [9.17, 15) is 8.42 Å². The summed E-state index contributed by atoms with van der Waals surface area (Å²) in [5.74, 6) is 1.02. The quantitative estimate of drug-likeness (QED) is 0.927. The zero-order valence-electron chi connectivity index (χ0n) is 12.4. The molecule has 0 bridgehead atoms. The third-order valence-electron chi connectivity index (χ3n) is 4.94. The zero-order valence-corrected chi connectivity index (χ0v) is 13.2. The molecule has 116 valence electrons. The van der Waals surface area contributed by atoms with Gasteiger partial charge in [0.25, 0.3) is 0 Å². The molecule has 0 amide bonds. The molecule has 2 heterocycles. The molecule has 0 spiro atoms. The van der Waals surface area contributed by atoms with Gasteiger partial charge in [0.15, 0.2) is 9.84 Å². The highest BCUT2D eigenvalue weighted by atomic mass is 32.2. The van der Waals surface area contributed by atoms with Gasteiger partial charge in [-0.1, -0.05) is 18.2 Å². The average Bonchev–Trinajstić information content (AvgIpc) is 2.49. The monoisotopic (exact) mass is 308 g/mol. The van der Waals surface area contributed by atoms with Gasteiger partial charge in [-0.05, 0) is 62.9 Å². The van der Waals surface area contributed by atoms with Gasteiger partial charge in [-0.2, -0.15) is 0 Å². The van der Waals surface area contributed by atoms with Crippen LogP contribution in [0.1, 0.15) is 37.3 Å². The average molecular weight is 308 g/mol. The smallest absolute Gasteiger partial charge is 0.178 e. The molecule has 1 aromatic carbocycles. The second-order valence-corrected chi connectivity index (χ2v) is 8.30. The topological polar surface area (TPSA) is 63.4 Å². The third kappa shape index (κ3) is 3.00. The standard InChI is InChI=1S/C16H24N2O2S/c17-9-5-13-6-10-18(11-7-13)15-8-12-21(19,20)16-4-2-1-3-14(15)16/h1-4,13,15H,5-12,17H2. The van der Waals surface area contributed by atoms with Crippen molar-refractivity contribution in [1.82, 2.24) is 4.90 Å². The van der Waals surface area contributed by atoms with Crippen molar-refractivity contribution in [3.63, 3.8) is 0 Å². The Kier molecular flexibility index (Phi) is 4.33. The lowest BCUT2D eigenvalue weighted by Crippen LogP contribution is -2.40. The van der Waals surface area contributed by atoms with E-state index in [0.29, 0.717) is 4.90 Å². The minimum Gasteiger partial charge on any atom is -0.330 e. The summed E-state index contributed by atoms with van der Waals surface area (Å²) in [6, 6.07) is 7.80. The molecular weight excluding hydrogens is 284 g/mol. The second kappa shape index (κ2) is 6.07. The summed E-state index contributed by atoms with van der Waals surface area (Å²) in [5.41, 5.74) is 6.65. The first-order valence-electron chi connectivity index (χ1n) is 7.87. The van der Waals surface area contributed by atoms with Crippen LogP contribution in [-0.4, -0.2) is 38.7 Å². The SMILES string of the molecule is NCCC1CCN(C2CCS(=O)(=O)c3ccccc32)CC1. The molecular formula is C16H24N2O2S.